The first-order valence-electron chi connectivity index (χ1n) is 10.4. The molecule has 1 aromatic carbocycles. The van der Waals surface area contributed by atoms with Gasteiger partial charge in [0.25, 0.3) is 0 Å². The second-order valence-corrected chi connectivity index (χ2v) is 7.97. The van der Waals surface area contributed by atoms with E-state index in [-0.39, 0.29) is 35.5 Å². The minimum Gasteiger partial charge on any atom is -0.355 e. The van der Waals surface area contributed by atoms with E-state index in [1.165, 1.54) is 12.1 Å². The Kier molecular flexibility index (Phi) is 5.88. The molecular formula is C23H26FN3O2. The number of nitrogens with zero attached hydrogens (tertiary/aromatic N) is 2. The highest BCUT2D eigenvalue weighted by molar-refractivity contribution is 5.84. The average Bonchev–Trinajstić information content (AvgIpc) is 3.59. The summed E-state index contributed by atoms with van der Waals surface area (Å²) in [6, 6.07) is 12.0. The van der Waals surface area contributed by atoms with Gasteiger partial charge in [-0.2, -0.15) is 0 Å². The van der Waals surface area contributed by atoms with Gasteiger partial charge in [-0.05, 0) is 55.5 Å². The van der Waals surface area contributed by atoms with Crippen LogP contribution in [0.1, 0.15) is 43.0 Å². The van der Waals surface area contributed by atoms with Gasteiger partial charge in [0, 0.05) is 37.3 Å². The zero-order chi connectivity index (χ0) is 20.2. The summed E-state index contributed by atoms with van der Waals surface area (Å²) >= 11 is 0. The molecule has 2 heterocycles. The highest BCUT2D eigenvalue weighted by atomic mass is 19.1. The number of benzene rings is 1. The molecule has 2 atom stereocenters. The summed E-state index contributed by atoms with van der Waals surface area (Å²) in [6.07, 6.45) is 5.70. The molecule has 1 saturated heterocycles. The molecule has 1 aliphatic carbocycles. The number of hydrogen-bond acceptors (Lipinski definition) is 3. The van der Waals surface area contributed by atoms with Gasteiger partial charge in [-0.3, -0.25) is 14.6 Å². The van der Waals surface area contributed by atoms with Crippen molar-refractivity contribution < 1.29 is 14.0 Å². The zero-order valence-corrected chi connectivity index (χ0v) is 16.4. The van der Waals surface area contributed by atoms with Crippen molar-refractivity contribution in [1.29, 1.82) is 0 Å². The summed E-state index contributed by atoms with van der Waals surface area (Å²) in [5.41, 5.74) is 1.88. The van der Waals surface area contributed by atoms with Gasteiger partial charge in [-0.25, -0.2) is 4.39 Å². The van der Waals surface area contributed by atoms with E-state index in [9.17, 15) is 14.0 Å². The Morgan fingerprint density at radius 1 is 1.03 bits per heavy atom. The van der Waals surface area contributed by atoms with Crippen molar-refractivity contribution in [2.45, 2.75) is 38.1 Å². The number of carbonyl (C=O) groups excluding carboxylic acids is 2. The highest BCUT2D eigenvalue weighted by Crippen LogP contribution is 2.39. The Bertz CT molecular complexity index is 852. The molecule has 0 radical (unpaired) electrons. The standard InChI is InChI=1S/C23H26FN3O2/c24-19-9-6-16(7-10-19)21-11-8-18(15-27(21)23(29)17-4-5-17)22(28)26-14-12-20-3-1-2-13-25-20/h1-3,6-7,9-10,13,17-18,21H,4-5,8,11-12,14-15H2,(H,26,28). The molecule has 152 valence electrons. The number of pyridine rings is 1. The van der Waals surface area contributed by atoms with Gasteiger partial charge in [0.2, 0.25) is 11.8 Å². The van der Waals surface area contributed by atoms with E-state index in [1.54, 1.807) is 18.3 Å². The highest BCUT2D eigenvalue weighted by Gasteiger charge is 2.41. The molecule has 1 saturated carbocycles. The quantitative estimate of drug-likeness (QED) is 0.817. The summed E-state index contributed by atoms with van der Waals surface area (Å²) in [6.45, 7) is 0.955. The molecule has 0 bridgehead atoms. The number of nitrogens with one attached hydrogen (secondary N) is 1. The van der Waals surface area contributed by atoms with E-state index in [0.717, 1.165) is 24.1 Å². The SMILES string of the molecule is O=C(NCCc1ccccn1)C1CCC(c2ccc(F)cc2)N(C(=O)C2CC2)C1. The van der Waals surface area contributed by atoms with Crippen LogP contribution in [0, 0.1) is 17.7 Å². The molecule has 5 nitrogen and oxygen atoms in total. The lowest BCUT2D eigenvalue weighted by atomic mass is 9.88. The van der Waals surface area contributed by atoms with E-state index >= 15 is 0 Å². The van der Waals surface area contributed by atoms with Crippen molar-refractivity contribution in [2.24, 2.45) is 11.8 Å². The van der Waals surface area contributed by atoms with Crippen LogP contribution in [0.2, 0.25) is 0 Å². The number of carbonyl (C=O) groups is 2. The summed E-state index contributed by atoms with van der Waals surface area (Å²) in [5, 5.41) is 3.00. The molecule has 1 N–H and O–H groups in total. The number of likely N-dealkylation sites (tertiary alicyclic amines) is 1. The maximum atomic E-state index is 13.3. The number of aromatic nitrogens is 1. The molecule has 1 aliphatic heterocycles. The fourth-order valence-corrected chi connectivity index (χ4v) is 4.03. The van der Waals surface area contributed by atoms with Crippen LogP contribution in [0.15, 0.2) is 48.7 Å². The Balaban J connectivity index is 1.39. The molecule has 4 rings (SSSR count). The van der Waals surface area contributed by atoms with Gasteiger partial charge >= 0.3 is 0 Å². The molecule has 2 aromatic rings. The van der Waals surface area contributed by atoms with Crippen LogP contribution in [-0.2, 0) is 16.0 Å². The molecule has 2 aliphatic rings. The van der Waals surface area contributed by atoms with Crippen molar-refractivity contribution in [2.75, 3.05) is 13.1 Å². The first kappa shape index (κ1) is 19.6. The van der Waals surface area contributed by atoms with E-state index in [0.29, 0.717) is 32.4 Å². The second kappa shape index (κ2) is 8.72. The smallest absolute Gasteiger partial charge is 0.226 e. The van der Waals surface area contributed by atoms with Crippen LogP contribution in [0.3, 0.4) is 0 Å². The monoisotopic (exact) mass is 395 g/mol. The summed E-state index contributed by atoms with van der Waals surface area (Å²) < 4.78 is 13.3. The van der Waals surface area contributed by atoms with Crippen molar-refractivity contribution in [3.63, 3.8) is 0 Å². The third kappa shape index (κ3) is 4.81. The molecule has 29 heavy (non-hydrogen) atoms. The lowest BCUT2D eigenvalue weighted by Gasteiger charge is -2.39. The molecule has 2 amide bonds. The maximum absolute atomic E-state index is 13.3. The van der Waals surface area contributed by atoms with Crippen LogP contribution < -0.4 is 5.32 Å². The van der Waals surface area contributed by atoms with Gasteiger partial charge in [0.15, 0.2) is 0 Å². The Labute approximate surface area is 170 Å². The zero-order valence-electron chi connectivity index (χ0n) is 16.4. The predicted octanol–water partition coefficient (Wildman–Crippen LogP) is 3.27. The fourth-order valence-electron chi connectivity index (χ4n) is 4.03. The van der Waals surface area contributed by atoms with Crippen molar-refractivity contribution in [3.8, 4) is 0 Å². The molecule has 2 fully saturated rings. The first-order chi connectivity index (χ1) is 14.1. The predicted molar refractivity (Wildman–Crippen MR) is 107 cm³/mol. The van der Waals surface area contributed by atoms with Gasteiger partial charge in [-0.15, -0.1) is 0 Å². The van der Waals surface area contributed by atoms with Gasteiger partial charge < -0.3 is 10.2 Å². The number of rotatable bonds is 6. The number of hydrogen-bond donors (Lipinski definition) is 1. The van der Waals surface area contributed by atoms with Gasteiger partial charge in [0.1, 0.15) is 5.82 Å². The number of amides is 2. The first-order valence-corrected chi connectivity index (χ1v) is 10.4. The minimum atomic E-state index is -0.283. The normalized spacial score (nSPS) is 21.6. The second-order valence-electron chi connectivity index (χ2n) is 7.97. The largest absolute Gasteiger partial charge is 0.355 e. The maximum Gasteiger partial charge on any atom is 0.226 e. The summed E-state index contributed by atoms with van der Waals surface area (Å²) in [5.74, 6) is -0.283. The number of piperidine rings is 1. The van der Waals surface area contributed by atoms with Crippen molar-refractivity contribution in [1.82, 2.24) is 15.2 Å². The molecule has 2 unspecified atom stereocenters. The van der Waals surface area contributed by atoms with E-state index < -0.39 is 0 Å². The average molecular weight is 395 g/mol. The topological polar surface area (TPSA) is 62.3 Å². The summed E-state index contributed by atoms with van der Waals surface area (Å²) in [4.78, 5) is 31.7. The van der Waals surface area contributed by atoms with Crippen LogP contribution in [0.5, 0.6) is 0 Å². The van der Waals surface area contributed by atoms with E-state index in [1.807, 2.05) is 23.1 Å². The fraction of sp³-hybridized carbons (Fsp3) is 0.435. The van der Waals surface area contributed by atoms with Crippen LogP contribution >= 0.6 is 0 Å². The van der Waals surface area contributed by atoms with Gasteiger partial charge in [0.05, 0.1) is 12.0 Å². The third-order valence-corrected chi connectivity index (χ3v) is 5.82. The number of halogens is 1. The molecule has 6 heteroatoms. The van der Waals surface area contributed by atoms with E-state index in [4.69, 9.17) is 0 Å². The molecule has 1 aromatic heterocycles. The lowest BCUT2D eigenvalue weighted by molar-refractivity contribution is -0.140. The lowest BCUT2D eigenvalue weighted by Crippen LogP contribution is -2.47. The Morgan fingerprint density at radius 3 is 2.48 bits per heavy atom. The van der Waals surface area contributed by atoms with Gasteiger partial charge in [-0.1, -0.05) is 18.2 Å². The molecule has 0 spiro atoms. The van der Waals surface area contributed by atoms with Crippen LogP contribution in [0.25, 0.3) is 0 Å². The Morgan fingerprint density at radius 2 is 1.79 bits per heavy atom. The minimum absolute atomic E-state index is 0.00733. The van der Waals surface area contributed by atoms with Crippen LogP contribution in [-0.4, -0.2) is 34.8 Å². The summed E-state index contributed by atoms with van der Waals surface area (Å²) in [7, 11) is 0. The van der Waals surface area contributed by atoms with Crippen molar-refractivity contribution in [3.05, 3.63) is 65.7 Å². The Hall–Kier alpha value is -2.76. The third-order valence-electron chi connectivity index (χ3n) is 5.82. The molecular weight excluding hydrogens is 369 g/mol. The van der Waals surface area contributed by atoms with E-state index in [2.05, 4.69) is 10.3 Å². The van der Waals surface area contributed by atoms with Crippen molar-refractivity contribution >= 4 is 11.8 Å². The van der Waals surface area contributed by atoms with Crippen LogP contribution in [0.4, 0.5) is 4.39 Å².